The second kappa shape index (κ2) is 6.02. The minimum atomic E-state index is -0.292. The first-order valence-corrected chi connectivity index (χ1v) is 6.71. The summed E-state index contributed by atoms with van der Waals surface area (Å²) in [6, 6.07) is 0.288. The van der Waals surface area contributed by atoms with Crippen molar-refractivity contribution in [3.8, 4) is 0 Å². The van der Waals surface area contributed by atoms with E-state index in [1.165, 1.54) is 0 Å². The van der Waals surface area contributed by atoms with Crippen molar-refractivity contribution in [3.63, 3.8) is 0 Å². The molecule has 1 aliphatic heterocycles. The average Bonchev–Trinajstić information content (AvgIpc) is 3.04. The summed E-state index contributed by atoms with van der Waals surface area (Å²) in [6.07, 6.45) is 5.00. The molecule has 0 spiro atoms. The van der Waals surface area contributed by atoms with Gasteiger partial charge in [-0.15, -0.1) is 5.10 Å². The van der Waals surface area contributed by atoms with Crippen LogP contribution in [-0.2, 0) is 11.3 Å². The molecular weight excluding hydrogens is 274 g/mol. The minimum Gasteiger partial charge on any atom is -0.383 e. The van der Waals surface area contributed by atoms with Crippen LogP contribution in [0, 0.1) is 0 Å². The highest BCUT2D eigenvalue weighted by Gasteiger charge is 2.21. The minimum absolute atomic E-state index is 0.288. The van der Waals surface area contributed by atoms with E-state index in [-0.39, 0.29) is 11.9 Å². The highest BCUT2D eigenvalue weighted by atomic mass is 16.5. The van der Waals surface area contributed by atoms with Crippen molar-refractivity contribution < 1.29 is 9.53 Å². The van der Waals surface area contributed by atoms with Gasteiger partial charge in [-0.25, -0.2) is 4.68 Å². The first-order valence-electron chi connectivity index (χ1n) is 6.71. The van der Waals surface area contributed by atoms with Crippen molar-refractivity contribution in [2.24, 2.45) is 0 Å². The van der Waals surface area contributed by atoms with Crippen LogP contribution in [0.2, 0.25) is 0 Å². The molecule has 2 N–H and O–H groups in total. The van der Waals surface area contributed by atoms with Crippen LogP contribution in [0.5, 0.6) is 0 Å². The van der Waals surface area contributed by atoms with Gasteiger partial charge >= 0.3 is 0 Å². The maximum absolute atomic E-state index is 12.1. The molecule has 0 aliphatic carbocycles. The normalized spacial score (nSPS) is 14.9. The highest BCUT2D eigenvalue weighted by molar-refractivity contribution is 6.02. The smallest absolute Gasteiger partial charge is 0.277 e. The van der Waals surface area contributed by atoms with Gasteiger partial charge in [-0.3, -0.25) is 9.48 Å². The van der Waals surface area contributed by atoms with E-state index in [1.54, 1.807) is 35.1 Å². The lowest BCUT2D eigenvalue weighted by molar-refractivity contribution is 0.102. The molecule has 0 saturated carbocycles. The highest BCUT2D eigenvalue weighted by Crippen LogP contribution is 2.11. The summed E-state index contributed by atoms with van der Waals surface area (Å²) in [4.78, 5) is 12.1. The quantitative estimate of drug-likeness (QED) is 0.745. The van der Waals surface area contributed by atoms with Crippen LogP contribution in [0.1, 0.15) is 16.5 Å². The van der Waals surface area contributed by atoms with Crippen molar-refractivity contribution in [2.75, 3.05) is 32.1 Å². The van der Waals surface area contributed by atoms with Gasteiger partial charge in [0.1, 0.15) is 0 Å². The number of amides is 1. The summed E-state index contributed by atoms with van der Waals surface area (Å²) in [5.74, 6) is -0.292. The zero-order chi connectivity index (χ0) is 14.7. The molecular formula is C12H17N7O2. The number of hydrogen-bond acceptors (Lipinski definition) is 6. The first kappa shape index (κ1) is 13.7. The number of ether oxygens (including phenoxy) is 1. The molecule has 112 valence electrons. The molecule has 2 aromatic rings. The molecule has 1 fully saturated rings. The fourth-order valence-electron chi connectivity index (χ4n) is 1.95. The Morgan fingerprint density at radius 2 is 2.38 bits per heavy atom. The Morgan fingerprint density at radius 3 is 3.10 bits per heavy atom. The number of nitrogens with one attached hydrogen (secondary N) is 2. The van der Waals surface area contributed by atoms with E-state index in [4.69, 9.17) is 4.74 Å². The Labute approximate surface area is 121 Å². The Bertz CT molecular complexity index is 617. The van der Waals surface area contributed by atoms with Crippen molar-refractivity contribution in [2.45, 2.75) is 12.6 Å². The monoisotopic (exact) mass is 291 g/mol. The summed E-state index contributed by atoms with van der Waals surface area (Å²) >= 11 is 0. The van der Waals surface area contributed by atoms with Crippen LogP contribution >= 0.6 is 0 Å². The summed E-state index contributed by atoms with van der Waals surface area (Å²) in [6.45, 7) is 2.92. The summed E-state index contributed by atoms with van der Waals surface area (Å²) < 4.78 is 8.39. The van der Waals surface area contributed by atoms with Crippen molar-refractivity contribution in [3.05, 3.63) is 24.3 Å². The number of methoxy groups -OCH3 is 1. The molecule has 0 bridgehead atoms. The van der Waals surface area contributed by atoms with E-state index >= 15 is 0 Å². The molecule has 9 nitrogen and oxygen atoms in total. The molecule has 0 atom stereocenters. The largest absolute Gasteiger partial charge is 0.383 e. The van der Waals surface area contributed by atoms with Gasteiger partial charge in [0.25, 0.3) is 5.91 Å². The molecule has 0 aromatic carbocycles. The zero-order valence-electron chi connectivity index (χ0n) is 11.7. The third kappa shape index (κ3) is 3.09. The summed E-state index contributed by atoms with van der Waals surface area (Å²) in [5.41, 5.74) is 0.919. The second-order valence-corrected chi connectivity index (χ2v) is 4.83. The van der Waals surface area contributed by atoms with E-state index < -0.39 is 0 Å². The average molecular weight is 291 g/mol. The van der Waals surface area contributed by atoms with Gasteiger partial charge in [0.05, 0.1) is 37.3 Å². The van der Waals surface area contributed by atoms with Gasteiger partial charge in [-0.05, 0) is 0 Å². The fraction of sp³-hybridized carbons (Fsp3) is 0.500. The predicted octanol–water partition coefficient (Wildman–Crippen LogP) is -0.482. The lowest BCUT2D eigenvalue weighted by atomic mass is 10.2. The summed E-state index contributed by atoms with van der Waals surface area (Å²) in [5, 5.41) is 17.9. The third-order valence-corrected chi connectivity index (χ3v) is 3.29. The molecule has 9 heteroatoms. The van der Waals surface area contributed by atoms with Gasteiger partial charge in [0.2, 0.25) is 0 Å². The second-order valence-electron chi connectivity index (χ2n) is 4.83. The molecule has 21 heavy (non-hydrogen) atoms. The van der Waals surface area contributed by atoms with Crippen LogP contribution in [0.4, 0.5) is 5.69 Å². The van der Waals surface area contributed by atoms with E-state index in [0.717, 1.165) is 13.1 Å². The van der Waals surface area contributed by atoms with Gasteiger partial charge in [0, 0.05) is 26.4 Å². The number of carbonyl (C=O) groups excluding carboxylic acids is 1. The third-order valence-electron chi connectivity index (χ3n) is 3.29. The molecule has 0 radical (unpaired) electrons. The van der Waals surface area contributed by atoms with E-state index in [9.17, 15) is 4.79 Å². The number of aromatic nitrogens is 5. The number of rotatable bonds is 6. The van der Waals surface area contributed by atoms with Crippen molar-refractivity contribution >= 4 is 11.6 Å². The summed E-state index contributed by atoms with van der Waals surface area (Å²) in [7, 11) is 1.63. The maximum Gasteiger partial charge on any atom is 0.277 e. The molecule has 3 heterocycles. The number of hydrogen-bond donors (Lipinski definition) is 2. The van der Waals surface area contributed by atoms with Gasteiger partial charge in [-0.2, -0.15) is 5.10 Å². The first-order chi connectivity index (χ1) is 10.3. The Balaban J connectivity index is 1.60. The SMILES string of the molecule is COCCn1cc(NC(=O)c2cn(C3CNC3)nn2)cn1. The fourth-order valence-corrected chi connectivity index (χ4v) is 1.95. The Morgan fingerprint density at radius 1 is 1.52 bits per heavy atom. The lowest BCUT2D eigenvalue weighted by Gasteiger charge is -2.26. The maximum atomic E-state index is 12.1. The van der Waals surface area contributed by atoms with Crippen LogP contribution in [0.15, 0.2) is 18.6 Å². The molecule has 0 unspecified atom stereocenters. The Kier molecular flexibility index (Phi) is 3.93. The molecule has 3 rings (SSSR count). The van der Waals surface area contributed by atoms with E-state index in [2.05, 4.69) is 26.0 Å². The van der Waals surface area contributed by atoms with Crippen molar-refractivity contribution in [1.82, 2.24) is 30.1 Å². The van der Waals surface area contributed by atoms with E-state index in [1.807, 2.05) is 0 Å². The lowest BCUT2D eigenvalue weighted by Crippen LogP contribution is -2.43. The van der Waals surface area contributed by atoms with Crippen molar-refractivity contribution in [1.29, 1.82) is 0 Å². The molecule has 1 aliphatic rings. The van der Waals surface area contributed by atoms with Gasteiger partial charge < -0.3 is 15.4 Å². The topological polar surface area (TPSA) is 98.9 Å². The molecule has 1 saturated heterocycles. The number of carbonyl (C=O) groups is 1. The standard InChI is InChI=1S/C12H17N7O2/c1-21-3-2-18-7-9(4-14-18)15-12(20)11-8-19(17-16-11)10-5-13-6-10/h4,7-8,10,13H,2-3,5-6H2,1H3,(H,15,20). The number of nitrogens with zero attached hydrogens (tertiary/aromatic N) is 5. The van der Waals surface area contributed by atoms with Crippen LogP contribution in [0.25, 0.3) is 0 Å². The van der Waals surface area contributed by atoms with E-state index in [0.29, 0.717) is 24.5 Å². The predicted molar refractivity (Wildman–Crippen MR) is 74.0 cm³/mol. The Hall–Kier alpha value is -2.26. The number of anilines is 1. The van der Waals surface area contributed by atoms with Gasteiger partial charge in [0.15, 0.2) is 5.69 Å². The van der Waals surface area contributed by atoms with Crippen LogP contribution < -0.4 is 10.6 Å². The molecule has 1 amide bonds. The molecule has 2 aromatic heterocycles. The van der Waals surface area contributed by atoms with Crippen LogP contribution in [-0.4, -0.2) is 57.5 Å². The van der Waals surface area contributed by atoms with Crippen LogP contribution in [0.3, 0.4) is 0 Å². The van der Waals surface area contributed by atoms with Gasteiger partial charge in [-0.1, -0.05) is 5.21 Å². The zero-order valence-corrected chi connectivity index (χ0v) is 11.7.